The maximum absolute atomic E-state index is 11.4. The molecule has 0 amide bonds. The second kappa shape index (κ2) is 4.03. The van der Waals surface area contributed by atoms with Gasteiger partial charge in [0.25, 0.3) is 0 Å². The molecule has 0 radical (unpaired) electrons. The number of fused-ring (bicyclic) bond motifs is 2. The predicted octanol–water partition coefficient (Wildman–Crippen LogP) is 2.32. The van der Waals surface area contributed by atoms with Gasteiger partial charge in [-0.15, -0.1) is 0 Å². The summed E-state index contributed by atoms with van der Waals surface area (Å²) in [5.41, 5.74) is 0. The molecule has 78 valence electrons. The molecule has 2 atom stereocenters. The Kier molecular flexibility index (Phi) is 2.93. The maximum atomic E-state index is 11.4. The van der Waals surface area contributed by atoms with E-state index < -0.39 is 0 Å². The number of piperidine rings is 2. The van der Waals surface area contributed by atoms with E-state index in [4.69, 9.17) is 11.6 Å². The van der Waals surface area contributed by atoms with Crippen molar-refractivity contribution < 1.29 is 4.79 Å². The van der Waals surface area contributed by atoms with Crippen molar-refractivity contribution in [3.63, 3.8) is 0 Å². The van der Waals surface area contributed by atoms with Crippen LogP contribution in [0.15, 0.2) is 11.6 Å². The van der Waals surface area contributed by atoms with Gasteiger partial charge in [0, 0.05) is 36.5 Å². The third-order valence-corrected chi connectivity index (χ3v) is 3.41. The van der Waals surface area contributed by atoms with E-state index in [-0.39, 0.29) is 0 Å². The summed E-state index contributed by atoms with van der Waals surface area (Å²) in [6.45, 7) is 4.49. The molecule has 3 heteroatoms. The van der Waals surface area contributed by atoms with Crippen molar-refractivity contribution >= 4 is 17.4 Å². The Morgan fingerprint density at radius 1 is 1.43 bits per heavy atom. The first kappa shape index (κ1) is 10.2. The lowest BCUT2D eigenvalue weighted by Crippen LogP contribution is -2.52. The fraction of sp³-hybridized carbons (Fsp3) is 0.727. The molecular formula is C11H16ClNO. The lowest BCUT2D eigenvalue weighted by atomic mass is 9.84. The van der Waals surface area contributed by atoms with Crippen LogP contribution in [0.5, 0.6) is 0 Å². The van der Waals surface area contributed by atoms with Crippen molar-refractivity contribution in [1.82, 2.24) is 4.90 Å². The van der Waals surface area contributed by atoms with Crippen LogP contribution < -0.4 is 0 Å². The molecule has 2 fully saturated rings. The third kappa shape index (κ3) is 2.01. The maximum Gasteiger partial charge on any atom is 0.136 e. The molecule has 2 saturated heterocycles. The summed E-state index contributed by atoms with van der Waals surface area (Å²) in [5.74, 6) is 0.427. The molecule has 2 aliphatic rings. The van der Waals surface area contributed by atoms with Gasteiger partial charge in [0.2, 0.25) is 0 Å². The number of Topliss-reactive ketones (excluding diaryl/α,β-unsaturated/α-hetero) is 1. The SMILES string of the molecule is C=C(Cl)CN1C2CCCC1CC(=O)C2. The predicted molar refractivity (Wildman–Crippen MR) is 57.4 cm³/mol. The van der Waals surface area contributed by atoms with Gasteiger partial charge in [-0.2, -0.15) is 0 Å². The minimum absolute atomic E-state index is 0.427. The first-order chi connectivity index (χ1) is 6.66. The van der Waals surface area contributed by atoms with E-state index in [2.05, 4.69) is 11.5 Å². The van der Waals surface area contributed by atoms with Crippen molar-refractivity contribution in [2.24, 2.45) is 0 Å². The van der Waals surface area contributed by atoms with Crippen molar-refractivity contribution in [2.75, 3.05) is 6.54 Å². The Morgan fingerprint density at radius 3 is 2.50 bits per heavy atom. The molecule has 2 heterocycles. The average Bonchev–Trinajstić information content (AvgIpc) is 2.05. The van der Waals surface area contributed by atoms with E-state index in [1.807, 2.05) is 0 Å². The Bertz CT molecular complexity index is 248. The third-order valence-electron chi connectivity index (χ3n) is 3.29. The summed E-state index contributed by atoms with van der Waals surface area (Å²) in [6, 6.07) is 0.871. The quantitative estimate of drug-likeness (QED) is 0.702. The topological polar surface area (TPSA) is 20.3 Å². The number of hydrogen-bond donors (Lipinski definition) is 0. The second-order valence-electron chi connectivity index (χ2n) is 4.38. The van der Waals surface area contributed by atoms with Gasteiger partial charge in [0.05, 0.1) is 0 Å². The van der Waals surface area contributed by atoms with Crippen LogP contribution in [-0.2, 0) is 4.79 Å². The van der Waals surface area contributed by atoms with Crippen LogP contribution in [0.2, 0.25) is 0 Å². The standard InChI is InChI=1S/C11H16ClNO/c1-8(12)7-13-9-3-2-4-10(13)6-11(14)5-9/h9-10H,1-7H2. The molecule has 0 aliphatic carbocycles. The average molecular weight is 214 g/mol. The Labute approximate surface area is 89.9 Å². The Morgan fingerprint density at radius 2 is 2.00 bits per heavy atom. The number of halogens is 1. The van der Waals surface area contributed by atoms with Crippen molar-refractivity contribution in [3.05, 3.63) is 11.6 Å². The molecule has 2 aliphatic heterocycles. The lowest BCUT2D eigenvalue weighted by molar-refractivity contribution is -0.126. The van der Waals surface area contributed by atoms with E-state index in [1.165, 1.54) is 6.42 Å². The number of carbonyl (C=O) groups excluding carboxylic acids is 1. The van der Waals surface area contributed by atoms with Gasteiger partial charge in [-0.3, -0.25) is 9.69 Å². The molecule has 0 saturated carbocycles. The normalized spacial score (nSPS) is 33.1. The summed E-state index contributed by atoms with van der Waals surface area (Å²) in [4.78, 5) is 13.8. The number of hydrogen-bond acceptors (Lipinski definition) is 2. The first-order valence-electron chi connectivity index (χ1n) is 5.27. The summed E-state index contributed by atoms with van der Waals surface area (Å²) in [6.07, 6.45) is 4.99. The number of ketones is 1. The highest BCUT2D eigenvalue weighted by Gasteiger charge is 2.37. The van der Waals surface area contributed by atoms with Gasteiger partial charge in [0.1, 0.15) is 5.78 Å². The highest BCUT2D eigenvalue weighted by Crippen LogP contribution is 2.32. The fourth-order valence-corrected chi connectivity index (χ4v) is 2.86. The number of carbonyl (C=O) groups is 1. The van der Waals surface area contributed by atoms with E-state index in [9.17, 15) is 4.79 Å². The zero-order valence-corrected chi connectivity index (χ0v) is 9.09. The molecule has 0 aromatic carbocycles. The highest BCUT2D eigenvalue weighted by molar-refractivity contribution is 6.29. The van der Waals surface area contributed by atoms with Crippen LogP contribution in [0.25, 0.3) is 0 Å². The largest absolute Gasteiger partial charge is 0.300 e. The zero-order chi connectivity index (χ0) is 10.1. The molecule has 2 rings (SSSR count). The minimum atomic E-state index is 0.427. The molecule has 0 spiro atoms. The van der Waals surface area contributed by atoms with E-state index >= 15 is 0 Å². The van der Waals surface area contributed by atoms with E-state index in [0.717, 1.165) is 32.2 Å². The molecular weight excluding hydrogens is 198 g/mol. The van der Waals surface area contributed by atoms with Crippen molar-refractivity contribution in [3.8, 4) is 0 Å². The van der Waals surface area contributed by atoms with Crippen LogP contribution in [0.4, 0.5) is 0 Å². The number of nitrogens with zero attached hydrogens (tertiary/aromatic N) is 1. The molecule has 0 aromatic heterocycles. The van der Waals surface area contributed by atoms with Gasteiger partial charge >= 0.3 is 0 Å². The minimum Gasteiger partial charge on any atom is -0.300 e. The molecule has 14 heavy (non-hydrogen) atoms. The molecule has 2 nitrogen and oxygen atoms in total. The second-order valence-corrected chi connectivity index (χ2v) is 4.91. The van der Waals surface area contributed by atoms with Crippen LogP contribution in [0.3, 0.4) is 0 Å². The van der Waals surface area contributed by atoms with Crippen LogP contribution in [0, 0.1) is 0 Å². The summed E-state index contributed by atoms with van der Waals surface area (Å²) >= 11 is 5.84. The van der Waals surface area contributed by atoms with Gasteiger partial charge in [-0.05, 0) is 12.8 Å². The molecule has 0 N–H and O–H groups in total. The fourth-order valence-electron chi connectivity index (χ4n) is 2.72. The zero-order valence-electron chi connectivity index (χ0n) is 8.34. The van der Waals surface area contributed by atoms with Gasteiger partial charge in [0.15, 0.2) is 0 Å². The van der Waals surface area contributed by atoms with Crippen LogP contribution >= 0.6 is 11.6 Å². The van der Waals surface area contributed by atoms with Gasteiger partial charge in [-0.1, -0.05) is 24.6 Å². The van der Waals surface area contributed by atoms with Gasteiger partial charge in [-0.25, -0.2) is 0 Å². The van der Waals surface area contributed by atoms with Gasteiger partial charge < -0.3 is 0 Å². The molecule has 2 unspecified atom stereocenters. The number of rotatable bonds is 2. The highest BCUT2D eigenvalue weighted by atomic mass is 35.5. The van der Waals surface area contributed by atoms with E-state index in [1.54, 1.807) is 0 Å². The molecule has 0 aromatic rings. The van der Waals surface area contributed by atoms with Crippen LogP contribution in [-0.4, -0.2) is 29.3 Å². The molecule has 2 bridgehead atoms. The summed E-state index contributed by atoms with van der Waals surface area (Å²) < 4.78 is 0. The Hall–Kier alpha value is -0.340. The smallest absolute Gasteiger partial charge is 0.136 e. The van der Waals surface area contributed by atoms with Crippen LogP contribution in [0.1, 0.15) is 32.1 Å². The monoisotopic (exact) mass is 213 g/mol. The summed E-state index contributed by atoms with van der Waals surface area (Å²) in [7, 11) is 0. The first-order valence-corrected chi connectivity index (χ1v) is 5.65. The lowest BCUT2D eigenvalue weighted by Gasteiger charge is -2.45. The van der Waals surface area contributed by atoms with E-state index in [0.29, 0.717) is 22.9 Å². The van der Waals surface area contributed by atoms with Crippen molar-refractivity contribution in [1.29, 1.82) is 0 Å². The Balaban J connectivity index is 2.08. The summed E-state index contributed by atoms with van der Waals surface area (Å²) in [5, 5.41) is 0.691. The van der Waals surface area contributed by atoms with Crippen molar-refractivity contribution in [2.45, 2.75) is 44.2 Å².